The Hall–Kier alpha value is -0.490. The summed E-state index contributed by atoms with van der Waals surface area (Å²) in [5.74, 6) is 2.71. The number of hydrogen-bond acceptors (Lipinski definition) is 4. The lowest BCUT2D eigenvalue weighted by molar-refractivity contribution is 0.262. The van der Waals surface area contributed by atoms with E-state index in [9.17, 15) is 4.79 Å². The monoisotopic (exact) mass is 359 g/mol. The maximum atomic E-state index is 12.5. The highest BCUT2D eigenvalue weighted by Gasteiger charge is 2.20. The molecule has 4 nitrogen and oxygen atoms in total. The largest absolute Gasteiger partial charge is 0.376 e. The molecule has 112 valence electrons. The van der Waals surface area contributed by atoms with E-state index in [1.54, 1.807) is 10.9 Å². The second kappa shape index (κ2) is 7.50. The van der Waals surface area contributed by atoms with E-state index in [1.807, 2.05) is 11.8 Å². The van der Waals surface area contributed by atoms with Gasteiger partial charge in [-0.15, -0.1) is 0 Å². The molecule has 0 spiro atoms. The number of rotatable bonds is 7. The maximum Gasteiger partial charge on any atom is 0.291 e. The SMILES string of the molecule is CCSCC(C)Nc1c(Br)cnn(CC2CCC2)c1=O. The lowest BCUT2D eigenvalue weighted by Crippen LogP contribution is -2.32. The Morgan fingerprint density at radius 2 is 2.35 bits per heavy atom. The van der Waals surface area contributed by atoms with E-state index in [0.717, 1.165) is 22.5 Å². The molecule has 0 amide bonds. The van der Waals surface area contributed by atoms with Gasteiger partial charge in [-0.05, 0) is 47.4 Å². The van der Waals surface area contributed by atoms with E-state index in [0.29, 0.717) is 11.6 Å². The highest BCUT2D eigenvalue weighted by molar-refractivity contribution is 9.10. The molecule has 1 fully saturated rings. The van der Waals surface area contributed by atoms with Crippen molar-refractivity contribution in [2.45, 2.75) is 45.7 Å². The molecule has 20 heavy (non-hydrogen) atoms. The maximum absolute atomic E-state index is 12.5. The topological polar surface area (TPSA) is 46.9 Å². The molecule has 6 heteroatoms. The number of anilines is 1. The van der Waals surface area contributed by atoms with Gasteiger partial charge < -0.3 is 5.32 Å². The minimum atomic E-state index is -0.0142. The number of halogens is 1. The molecule has 1 aliphatic rings. The van der Waals surface area contributed by atoms with Gasteiger partial charge in [-0.3, -0.25) is 4.79 Å². The molecular formula is C14H22BrN3OS. The van der Waals surface area contributed by atoms with Gasteiger partial charge in [0.2, 0.25) is 0 Å². The number of hydrogen-bond donors (Lipinski definition) is 1. The van der Waals surface area contributed by atoms with Crippen molar-refractivity contribution in [2.24, 2.45) is 5.92 Å². The van der Waals surface area contributed by atoms with Crippen molar-refractivity contribution in [2.75, 3.05) is 16.8 Å². The molecule has 0 radical (unpaired) electrons. The van der Waals surface area contributed by atoms with Crippen LogP contribution in [0.3, 0.4) is 0 Å². The van der Waals surface area contributed by atoms with Crippen LogP contribution in [0.4, 0.5) is 5.69 Å². The summed E-state index contributed by atoms with van der Waals surface area (Å²) in [6.07, 6.45) is 5.45. The molecule has 1 N–H and O–H groups in total. The summed E-state index contributed by atoms with van der Waals surface area (Å²) in [7, 11) is 0. The van der Waals surface area contributed by atoms with E-state index in [-0.39, 0.29) is 11.6 Å². The molecule has 2 rings (SSSR count). The summed E-state index contributed by atoms with van der Waals surface area (Å²) >= 11 is 5.30. The highest BCUT2D eigenvalue weighted by atomic mass is 79.9. The van der Waals surface area contributed by atoms with Crippen LogP contribution in [0.1, 0.15) is 33.1 Å². The number of nitrogens with zero attached hydrogens (tertiary/aromatic N) is 2. The van der Waals surface area contributed by atoms with Crippen LogP contribution in [0.5, 0.6) is 0 Å². The van der Waals surface area contributed by atoms with Crippen molar-refractivity contribution in [1.29, 1.82) is 0 Å². The van der Waals surface area contributed by atoms with Crippen molar-refractivity contribution in [3.8, 4) is 0 Å². The lowest BCUT2D eigenvalue weighted by Gasteiger charge is -2.25. The van der Waals surface area contributed by atoms with Crippen LogP contribution in [0, 0.1) is 5.92 Å². The highest BCUT2D eigenvalue weighted by Crippen LogP contribution is 2.27. The Kier molecular flexibility index (Phi) is 5.96. The predicted octanol–water partition coefficient (Wildman–Crippen LogP) is 3.36. The summed E-state index contributed by atoms with van der Waals surface area (Å²) < 4.78 is 2.36. The smallest absolute Gasteiger partial charge is 0.291 e. The molecule has 0 aromatic carbocycles. The van der Waals surface area contributed by atoms with E-state index >= 15 is 0 Å². The fourth-order valence-electron chi connectivity index (χ4n) is 2.23. The van der Waals surface area contributed by atoms with Crippen molar-refractivity contribution in [3.05, 3.63) is 21.0 Å². The Labute approximate surface area is 132 Å². The molecule has 0 saturated heterocycles. The Bertz CT molecular complexity index is 502. The molecule has 1 aliphatic carbocycles. The van der Waals surface area contributed by atoms with Crippen LogP contribution in [0.25, 0.3) is 0 Å². The predicted molar refractivity (Wildman–Crippen MR) is 89.6 cm³/mol. The van der Waals surface area contributed by atoms with Crippen molar-refractivity contribution >= 4 is 33.4 Å². The van der Waals surface area contributed by atoms with Gasteiger partial charge in [0.1, 0.15) is 5.69 Å². The third kappa shape index (κ3) is 4.01. The normalized spacial score (nSPS) is 16.8. The van der Waals surface area contributed by atoms with Gasteiger partial charge in [-0.2, -0.15) is 16.9 Å². The first-order chi connectivity index (χ1) is 9.61. The van der Waals surface area contributed by atoms with Crippen LogP contribution in [-0.4, -0.2) is 27.3 Å². The fourth-order valence-corrected chi connectivity index (χ4v) is 3.28. The fraction of sp³-hybridized carbons (Fsp3) is 0.714. The summed E-state index contributed by atoms with van der Waals surface area (Å²) in [6, 6.07) is 0.267. The van der Waals surface area contributed by atoms with Crippen molar-refractivity contribution in [1.82, 2.24) is 9.78 Å². The van der Waals surface area contributed by atoms with Crippen LogP contribution in [-0.2, 0) is 6.54 Å². The summed E-state index contributed by atoms with van der Waals surface area (Å²) in [5, 5.41) is 7.56. The summed E-state index contributed by atoms with van der Waals surface area (Å²) in [6.45, 7) is 5.00. The average Bonchev–Trinajstić information content (AvgIpc) is 2.38. The van der Waals surface area contributed by atoms with Crippen molar-refractivity contribution < 1.29 is 0 Å². The second-order valence-electron chi connectivity index (χ2n) is 5.36. The minimum absolute atomic E-state index is 0.0142. The second-order valence-corrected chi connectivity index (χ2v) is 7.53. The van der Waals surface area contributed by atoms with Crippen LogP contribution in [0.15, 0.2) is 15.5 Å². The quantitative estimate of drug-likeness (QED) is 0.810. The zero-order valence-electron chi connectivity index (χ0n) is 12.1. The van der Waals surface area contributed by atoms with E-state index in [2.05, 4.69) is 40.2 Å². The van der Waals surface area contributed by atoms with Gasteiger partial charge in [0.25, 0.3) is 5.56 Å². The molecule has 1 heterocycles. The average molecular weight is 360 g/mol. The van der Waals surface area contributed by atoms with E-state index in [1.165, 1.54) is 19.3 Å². The molecule has 1 atom stereocenters. The van der Waals surface area contributed by atoms with Crippen LogP contribution < -0.4 is 10.9 Å². The number of thioether (sulfide) groups is 1. The molecule has 1 unspecified atom stereocenters. The van der Waals surface area contributed by atoms with Crippen molar-refractivity contribution in [3.63, 3.8) is 0 Å². The number of aromatic nitrogens is 2. The first-order valence-corrected chi connectivity index (χ1v) is 9.16. The summed E-state index contributed by atoms with van der Waals surface area (Å²) in [5.41, 5.74) is 0.628. The molecule has 0 bridgehead atoms. The van der Waals surface area contributed by atoms with E-state index < -0.39 is 0 Å². The lowest BCUT2D eigenvalue weighted by atomic mass is 9.85. The standard InChI is InChI=1S/C14H22BrN3OS/c1-3-20-9-10(2)17-13-12(15)7-16-18(14(13)19)8-11-5-4-6-11/h7,10-11,17H,3-6,8-9H2,1-2H3. The van der Waals surface area contributed by atoms with E-state index in [4.69, 9.17) is 0 Å². The van der Waals surface area contributed by atoms with Gasteiger partial charge >= 0.3 is 0 Å². The zero-order valence-corrected chi connectivity index (χ0v) is 14.5. The number of nitrogens with one attached hydrogen (secondary N) is 1. The van der Waals surface area contributed by atoms with Crippen LogP contribution in [0.2, 0.25) is 0 Å². The molecular weight excluding hydrogens is 338 g/mol. The molecule has 0 aliphatic heterocycles. The Morgan fingerprint density at radius 1 is 1.60 bits per heavy atom. The zero-order chi connectivity index (χ0) is 14.5. The first kappa shape index (κ1) is 15.9. The summed E-state index contributed by atoms with van der Waals surface area (Å²) in [4.78, 5) is 12.5. The first-order valence-electron chi connectivity index (χ1n) is 7.21. The third-order valence-electron chi connectivity index (χ3n) is 3.62. The Balaban J connectivity index is 2.09. The van der Waals surface area contributed by atoms with Crippen LogP contribution >= 0.6 is 27.7 Å². The van der Waals surface area contributed by atoms with Gasteiger partial charge in [0, 0.05) is 18.3 Å². The third-order valence-corrected chi connectivity index (χ3v) is 5.36. The van der Waals surface area contributed by atoms with Gasteiger partial charge in [-0.25, -0.2) is 4.68 Å². The minimum Gasteiger partial charge on any atom is -0.376 e. The van der Waals surface area contributed by atoms with Gasteiger partial charge in [0.05, 0.1) is 10.7 Å². The molecule has 1 aromatic rings. The Morgan fingerprint density at radius 3 is 2.95 bits per heavy atom. The van der Waals surface area contributed by atoms with Gasteiger partial charge in [0.15, 0.2) is 0 Å². The molecule has 1 saturated carbocycles. The van der Waals surface area contributed by atoms with Gasteiger partial charge in [-0.1, -0.05) is 13.3 Å². The molecule has 1 aromatic heterocycles.